The Hall–Kier alpha value is -5.87. The largest absolute Gasteiger partial charge is 0.456 e. The first kappa shape index (κ1) is 26.5. The summed E-state index contributed by atoms with van der Waals surface area (Å²) >= 11 is 0. The number of benzene rings is 6. The zero-order valence-electron chi connectivity index (χ0n) is 25.4. The first-order chi connectivity index (χ1) is 22.7. The molecule has 0 unspecified atom stereocenters. The minimum atomic E-state index is 0.613. The number of fused-ring (bicyclic) bond motifs is 6. The fourth-order valence-electron chi connectivity index (χ4n) is 6.96. The lowest BCUT2D eigenvalue weighted by Crippen LogP contribution is -2.05. The molecule has 2 heterocycles. The fraction of sp³-hybridized carbons (Fsp3) is 0.0714. The van der Waals surface area contributed by atoms with Crippen LogP contribution >= 0.6 is 0 Å². The van der Waals surface area contributed by atoms with E-state index in [1.54, 1.807) is 0 Å². The van der Waals surface area contributed by atoms with Gasteiger partial charge < -0.3 is 4.42 Å². The van der Waals surface area contributed by atoms with Crippen LogP contribution in [0.3, 0.4) is 0 Å². The van der Waals surface area contributed by atoms with Crippen LogP contribution < -0.4 is 0 Å². The van der Waals surface area contributed by atoms with Crippen LogP contribution in [0.5, 0.6) is 0 Å². The van der Waals surface area contributed by atoms with Crippen LogP contribution in [-0.4, -0.2) is 15.0 Å². The molecule has 1 aliphatic carbocycles. The summed E-state index contributed by atoms with van der Waals surface area (Å²) in [4.78, 5) is 15.1. The molecular formula is C42H29N3O. The molecule has 0 fully saturated rings. The molecule has 0 atom stereocenters. The average molecular weight is 592 g/mol. The van der Waals surface area contributed by atoms with Crippen LogP contribution in [0.1, 0.15) is 16.7 Å². The molecule has 0 aliphatic heterocycles. The summed E-state index contributed by atoms with van der Waals surface area (Å²) in [5.41, 5.74) is 13.6. The van der Waals surface area contributed by atoms with Crippen molar-refractivity contribution in [2.75, 3.05) is 0 Å². The lowest BCUT2D eigenvalue weighted by molar-refractivity contribution is 0.669. The van der Waals surface area contributed by atoms with Gasteiger partial charge >= 0.3 is 0 Å². The number of aryl methyl sites for hydroxylation is 2. The Labute approximate surface area is 267 Å². The second-order valence-corrected chi connectivity index (χ2v) is 12.0. The summed E-state index contributed by atoms with van der Waals surface area (Å²) in [5, 5.41) is 2.24. The highest BCUT2D eigenvalue weighted by Crippen LogP contribution is 2.40. The Morgan fingerprint density at radius 3 is 2.00 bits per heavy atom. The molecule has 0 saturated carbocycles. The molecule has 2 aromatic heterocycles. The highest BCUT2D eigenvalue weighted by molar-refractivity contribution is 6.07. The van der Waals surface area contributed by atoms with E-state index in [0.29, 0.717) is 17.5 Å². The van der Waals surface area contributed by atoms with E-state index in [9.17, 15) is 0 Å². The van der Waals surface area contributed by atoms with Crippen LogP contribution in [-0.2, 0) is 12.8 Å². The molecule has 4 heteroatoms. The van der Waals surface area contributed by atoms with Crippen molar-refractivity contribution in [1.82, 2.24) is 15.0 Å². The van der Waals surface area contributed by atoms with Crippen molar-refractivity contribution in [3.63, 3.8) is 0 Å². The lowest BCUT2D eigenvalue weighted by Gasteiger charge is -2.22. The first-order valence-corrected chi connectivity index (χ1v) is 15.7. The molecule has 218 valence electrons. The van der Waals surface area contributed by atoms with Gasteiger partial charge in [-0.15, -0.1) is 0 Å². The molecular weight excluding hydrogens is 562 g/mol. The molecule has 9 rings (SSSR count). The van der Waals surface area contributed by atoms with E-state index in [-0.39, 0.29) is 0 Å². The van der Waals surface area contributed by atoms with Gasteiger partial charge in [0.1, 0.15) is 11.2 Å². The van der Waals surface area contributed by atoms with Gasteiger partial charge in [-0.1, -0.05) is 109 Å². The van der Waals surface area contributed by atoms with Crippen LogP contribution in [0.2, 0.25) is 0 Å². The van der Waals surface area contributed by atoms with Gasteiger partial charge in [0.05, 0.1) is 0 Å². The summed E-state index contributed by atoms with van der Waals surface area (Å²) in [6.07, 6.45) is 2.07. The number of hydrogen-bond donors (Lipinski definition) is 0. The van der Waals surface area contributed by atoms with E-state index >= 15 is 0 Å². The molecule has 8 aromatic rings. The summed E-state index contributed by atoms with van der Waals surface area (Å²) < 4.78 is 6.29. The highest BCUT2D eigenvalue weighted by Gasteiger charge is 2.20. The number of nitrogens with zero attached hydrogens (tertiary/aromatic N) is 3. The molecule has 0 amide bonds. The van der Waals surface area contributed by atoms with Crippen LogP contribution in [0.4, 0.5) is 0 Å². The Kier molecular flexibility index (Phi) is 6.13. The summed E-state index contributed by atoms with van der Waals surface area (Å²) in [6, 6.07) is 46.6. The lowest BCUT2D eigenvalue weighted by atomic mass is 9.82. The molecule has 0 spiro atoms. The molecule has 0 bridgehead atoms. The number of rotatable bonds is 4. The maximum atomic E-state index is 6.29. The zero-order valence-corrected chi connectivity index (χ0v) is 25.4. The van der Waals surface area contributed by atoms with E-state index in [4.69, 9.17) is 19.4 Å². The van der Waals surface area contributed by atoms with E-state index in [1.807, 2.05) is 48.5 Å². The van der Waals surface area contributed by atoms with E-state index in [2.05, 4.69) is 91.9 Å². The van der Waals surface area contributed by atoms with Gasteiger partial charge in [-0.3, -0.25) is 0 Å². The van der Waals surface area contributed by atoms with Gasteiger partial charge in [0.25, 0.3) is 0 Å². The molecule has 6 aromatic carbocycles. The summed E-state index contributed by atoms with van der Waals surface area (Å²) in [6.45, 7) is 2.12. The third kappa shape index (κ3) is 4.41. The van der Waals surface area contributed by atoms with Crippen molar-refractivity contribution in [2.45, 2.75) is 19.8 Å². The van der Waals surface area contributed by atoms with Crippen molar-refractivity contribution in [3.8, 4) is 56.4 Å². The van der Waals surface area contributed by atoms with Crippen LogP contribution in [0.15, 0.2) is 138 Å². The van der Waals surface area contributed by atoms with E-state index in [0.717, 1.165) is 57.0 Å². The third-order valence-electron chi connectivity index (χ3n) is 9.19. The maximum Gasteiger partial charge on any atom is 0.164 e. The molecule has 46 heavy (non-hydrogen) atoms. The van der Waals surface area contributed by atoms with Gasteiger partial charge in [-0.2, -0.15) is 0 Å². The molecule has 4 nitrogen and oxygen atoms in total. The van der Waals surface area contributed by atoms with Gasteiger partial charge in [0.2, 0.25) is 0 Å². The van der Waals surface area contributed by atoms with Gasteiger partial charge in [0.15, 0.2) is 17.5 Å². The number of furan rings is 1. The fourth-order valence-corrected chi connectivity index (χ4v) is 6.96. The third-order valence-corrected chi connectivity index (χ3v) is 9.19. The predicted octanol–water partition coefficient (Wildman–Crippen LogP) is 10.5. The Balaban J connectivity index is 1.19. The zero-order chi connectivity index (χ0) is 30.6. The topological polar surface area (TPSA) is 51.8 Å². The summed E-state index contributed by atoms with van der Waals surface area (Å²) in [5.74, 6) is 1.89. The maximum absolute atomic E-state index is 6.29. The first-order valence-electron chi connectivity index (χ1n) is 15.7. The number of aromatic nitrogens is 3. The minimum absolute atomic E-state index is 0.613. The number of hydrogen-bond acceptors (Lipinski definition) is 4. The molecule has 0 saturated heterocycles. The second-order valence-electron chi connectivity index (χ2n) is 12.0. The second kappa shape index (κ2) is 10.6. The highest BCUT2D eigenvalue weighted by atomic mass is 16.3. The van der Waals surface area contributed by atoms with Gasteiger partial charge in [0, 0.05) is 27.5 Å². The van der Waals surface area contributed by atoms with Crippen molar-refractivity contribution in [3.05, 3.63) is 150 Å². The van der Waals surface area contributed by atoms with E-state index < -0.39 is 0 Å². The minimum Gasteiger partial charge on any atom is -0.456 e. The van der Waals surface area contributed by atoms with Gasteiger partial charge in [-0.25, -0.2) is 15.0 Å². The van der Waals surface area contributed by atoms with Gasteiger partial charge in [-0.05, 0) is 83.0 Å². The Morgan fingerprint density at radius 1 is 0.478 bits per heavy atom. The van der Waals surface area contributed by atoms with Crippen molar-refractivity contribution in [1.29, 1.82) is 0 Å². The summed E-state index contributed by atoms with van der Waals surface area (Å²) in [7, 11) is 0. The molecule has 0 N–H and O–H groups in total. The average Bonchev–Trinajstić information content (AvgIpc) is 3.51. The quantitative estimate of drug-likeness (QED) is 0.204. The Morgan fingerprint density at radius 2 is 1.13 bits per heavy atom. The van der Waals surface area contributed by atoms with Crippen LogP contribution in [0, 0.1) is 6.92 Å². The van der Waals surface area contributed by atoms with Crippen molar-refractivity contribution >= 4 is 21.9 Å². The van der Waals surface area contributed by atoms with Crippen molar-refractivity contribution < 1.29 is 4.42 Å². The monoisotopic (exact) mass is 591 g/mol. The molecule has 0 radical (unpaired) electrons. The smallest absolute Gasteiger partial charge is 0.164 e. The standard InChI is InChI=1S/C42H29N3O/c1-26-10-7-19-37-39(26)36-23-21-31(25-38(36)46-37)42-44-40(28-12-3-2-4-13-28)43-41(45-42)30-15-8-14-29(24-30)33-17-9-18-34-32-16-6-5-11-27(32)20-22-35(33)34/h2-19,21,23-25H,20,22H2,1H3. The predicted molar refractivity (Wildman–Crippen MR) is 186 cm³/mol. The Bertz CT molecular complexity index is 2440. The van der Waals surface area contributed by atoms with Crippen molar-refractivity contribution in [2.24, 2.45) is 0 Å². The normalized spacial score (nSPS) is 12.3. The SMILES string of the molecule is Cc1cccc2oc3cc(-c4nc(-c5ccccc5)nc(-c5cccc(-c6cccc7c6CCc6ccccc6-7)c5)n4)ccc3c12. The van der Waals surface area contributed by atoms with Crippen LogP contribution in [0.25, 0.3) is 78.4 Å². The van der Waals surface area contributed by atoms with E-state index in [1.165, 1.54) is 33.4 Å². The molecule has 1 aliphatic rings.